The van der Waals surface area contributed by atoms with Crippen molar-refractivity contribution in [3.05, 3.63) is 48.0 Å². The molecule has 1 amide bonds. The van der Waals surface area contributed by atoms with Gasteiger partial charge in [-0.15, -0.1) is 0 Å². The minimum Gasteiger partial charge on any atom is -0.497 e. The van der Waals surface area contributed by atoms with Crippen molar-refractivity contribution in [1.82, 2.24) is 0 Å². The lowest BCUT2D eigenvalue weighted by Gasteiger charge is -2.12. The molecule has 0 atom stereocenters. The Kier molecular flexibility index (Phi) is 4.66. The summed E-state index contributed by atoms with van der Waals surface area (Å²) < 4.78 is 10.4. The fourth-order valence-electron chi connectivity index (χ4n) is 1.89. The van der Waals surface area contributed by atoms with Gasteiger partial charge < -0.3 is 20.1 Å². The second-order valence-electron chi connectivity index (χ2n) is 4.35. The number of ether oxygens (including phenoxy) is 2. The Morgan fingerprint density at radius 3 is 2.29 bits per heavy atom. The molecule has 2 N–H and O–H groups in total. The number of carbonyl (C=O) groups excluding carboxylic acids is 1. The number of rotatable bonds is 5. The number of hydrogen-bond acceptors (Lipinski definition) is 4. The van der Waals surface area contributed by atoms with Crippen molar-refractivity contribution in [2.24, 2.45) is 0 Å². The molecule has 0 unspecified atom stereocenters. The van der Waals surface area contributed by atoms with Gasteiger partial charge in [0.25, 0.3) is 5.91 Å². The monoisotopic (exact) mass is 286 g/mol. The zero-order valence-electron chi connectivity index (χ0n) is 12.3. The van der Waals surface area contributed by atoms with Crippen molar-refractivity contribution in [3.8, 4) is 11.5 Å². The van der Waals surface area contributed by atoms with Crippen LogP contribution < -0.4 is 20.1 Å². The van der Waals surface area contributed by atoms with Crippen molar-refractivity contribution in [3.63, 3.8) is 0 Å². The summed E-state index contributed by atoms with van der Waals surface area (Å²) in [5, 5.41) is 5.83. The first kappa shape index (κ1) is 14.7. The highest BCUT2D eigenvalue weighted by atomic mass is 16.5. The molecule has 0 aliphatic heterocycles. The van der Waals surface area contributed by atoms with Crippen molar-refractivity contribution < 1.29 is 14.3 Å². The zero-order valence-corrected chi connectivity index (χ0v) is 12.3. The SMILES string of the molecule is CNc1ccc(C(=O)Nc2cc(OC)ccc2OC)cc1. The third-order valence-electron chi connectivity index (χ3n) is 3.09. The molecule has 21 heavy (non-hydrogen) atoms. The van der Waals surface area contributed by atoms with Crippen LogP contribution in [0.15, 0.2) is 42.5 Å². The summed E-state index contributed by atoms with van der Waals surface area (Å²) >= 11 is 0. The molecule has 110 valence electrons. The Bertz CT molecular complexity index is 624. The van der Waals surface area contributed by atoms with Gasteiger partial charge in [-0.3, -0.25) is 4.79 Å². The van der Waals surface area contributed by atoms with E-state index in [1.807, 2.05) is 19.2 Å². The molecule has 0 spiro atoms. The van der Waals surface area contributed by atoms with Crippen molar-refractivity contribution in [1.29, 1.82) is 0 Å². The quantitative estimate of drug-likeness (QED) is 0.887. The van der Waals surface area contributed by atoms with E-state index in [9.17, 15) is 4.79 Å². The molecule has 0 radical (unpaired) electrons. The van der Waals surface area contributed by atoms with Gasteiger partial charge in [-0.05, 0) is 36.4 Å². The number of benzene rings is 2. The molecule has 0 aliphatic carbocycles. The molecule has 2 aromatic carbocycles. The maximum Gasteiger partial charge on any atom is 0.255 e. The molecule has 0 heterocycles. The lowest BCUT2D eigenvalue weighted by Crippen LogP contribution is -2.12. The van der Waals surface area contributed by atoms with Gasteiger partial charge in [-0.2, -0.15) is 0 Å². The molecule has 0 aliphatic rings. The van der Waals surface area contributed by atoms with E-state index in [-0.39, 0.29) is 5.91 Å². The van der Waals surface area contributed by atoms with Crippen LogP contribution in [-0.4, -0.2) is 27.2 Å². The van der Waals surface area contributed by atoms with Crippen LogP contribution in [0.4, 0.5) is 11.4 Å². The van der Waals surface area contributed by atoms with E-state index in [0.717, 1.165) is 5.69 Å². The second kappa shape index (κ2) is 6.65. The summed E-state index contributed by atoms with van der Waals surface area (Å²) in [5.74, 6) is 1.02. The molecule has 0 fully saturated rings. The maximum atomic E-state index is 12.3. The van der Waals surface area contributed by atoms with Gasteiger partial charge in [0.05, 0.1) is 19.9 Å². The zero-order chi connectivity index (χ0) is 15.2. The van der Waals surface area contributed by atoms with E-state index in [1.54, 1.807) is 44.6 Å². The first-order chi connectivity index (χ1) is 10.2. The molecule has 5 heteroatoms. The third-order valence-corrected chi connectivity index (χ3v) is 3.09. The van der Waals surface area contributed by atoms with Gasteiger partial charge in [-0.1, -0.05) is 0 Å². The van der Waals surface area contributed by atoms with Gasteiger partial charge in [0.1, 0.15) is 11.5 Å². The van der Waals surface area contributed by atoms with E-state index in [4.69, 9.17) is 9.47 Å². The summed E-state index contributed by atoms with van der Waals surface area (Å²) in [6, 6.07) is 12.4. The van der Waals surface area contributed by atoms with Crippen molar-refractivity contribution in [2.75, 3.05) is 31.9 Å². The number of methoxy groups -OCH3 is 2. The van der Waals surface area contributed by atoms with Crippen LogP contribution >= 0.6 is 0 Å². The average molecular weight is 286 g/mol. The molecular formula is C16H18N2O3. The second-order valence-corrected chi connectivity index (χ2v) is 4.35. The fourth-order valence-corrected chi connectivity index (χ4v) is 1.89. The summed E-state index contributed by atoms with van der Waals surface area (Å²) in [5.41, 5.74) is 2.09. The predicted molar refractivity (Wildman–Crippen MR) is 83.5 cm³/mol. The topological polar surface area (TPSA) is 59.6 Å². The summed E-state index contributed by atoms with van der Waals surface area (Å²) in [7, 11) is 4.96. The lowest BCUT2D eigenvalue weighted by molar-refractivity contribution is 0.102. The van der Waals surface area contributed by atoms with Crippen LogP contribution in [0, 0.1) is 0 Å². The predicted octanol–water partition coefficient (Wildman–Crippen LogP) is 3.00. The Morgan fingerprint density at radius 1 is 1.00 bits per heavy atom. The fraction of sp³-hybridized carbons (Fsp3) is 0.188. The highest BCUT2D eigenvalue weighted by Crippen LogP contribution is 2.29. The van der Waals surface area contributed by atoms with E-state index < -0.39 is 0 Å². The molecule has 2 aromatic rings. The molecule has 0 aromatic heterocycles. The molecule has 5 nitrogen and oxygen atoms in total. The summed E-state index contributed by atoms with van der Waals surface area (Å²) in [6.45, 7) is 0. The maximum absolute atomic E-state index is 12.3. The summed E-state index contributed by atoms with van der Waals surface area (Å²) in [6.07, 6.45) is 0. The van der Waals surface area contributed by atoms with Gasteiger partial charge in [-0.25, -0.2) is 0 Å². The molecule has 0 bridgehead atoms. The number of anilines is 2. The first-order valence-electron chi connectivity index (χ1n) is 6.49. The minimum absolute atomic E-state index is 0.204. The lowest BCUT2D eigenvalue weighted by atomic mass is 10.2. The highest BCUT2D eigenvalue weighted by Gasteiger charge is 2.10. The Hall–Kier alpha value is -2.69. The molecule has 0 saturated carbocycles. The Labute approximate surface area is 123 Å². The van der Waals surface area contributed by atoms with Crippen LogP contribution in [0.2, 0.25) is 0 Å². The smallest absolute Gasteiger partial charge is 0.255 e. The van der Waals surface area contributed by atoms with Crippen molar-refractivity contribution >= 4 is 17.3 Å². The standard InChI is InChI=1S/C16H18N2O3/c1-17-12-6-4-11(5-7-12)16(19)18-14-10-13(20-2)8-9-15(14)21-3/h4-10,17H,1-3H3,(H,18,19). The molecular weight excluding hydrogens is 268 g/mol. The van der Waals surface area contributed by atoms with Gasteiger partial charge in [0.15, 0.2) is 0 Å². The van der Waals surface area contributed by atoms with E-state index in [0.29, 0.717) is 22.7 Å². The molecule has 0 saturated heterocycles. The van der Waals surface area contributed by atoms with Crippen LogP contribution in [0.1, 0.15) is 10.4 Å². The molecule has 2 rings (SSSR count). The number of carbonyl (C=O) groups is 1. The van der Waals surface area contributed by atoms with E-state index in [1.165, 1.54) is 0 Å². The third kappa shape index (κ3) is 3.45. The largest absolute Gasteiger partial charge is 0.497 e. The number of amides is 1. The van der Waals surface area contributed by atoms with Crippen LogP contribution in [0.3, 0.4) is 0 Å². The average Bonchev–Trinajstić information content (AvgIpc) is 2.54. The highest BCUT2D eigenvalue weighted by molar-refractivity contribution is 6.05. The van der Waals surface area contributed by atoms with E-state index in [2.05, 4.69) is 10.6 Å². The van der Waals surface area contributed by atoms with Gasteiger partial charge in [0.2, 0.25) is 0 Å². The van der Waals surface area contributed by atoms with Crippen molar-refractivity contribution in [2.45, 2.75) is 0 Å². The van der Waals surface area contributed by atoms with Crippen LogP contribution in [-0.2, 0) is 0 Å². The Balaban J connectivity index is 2.21. The Morgan fingerprint density at radius 2 is 1.71 bits per heavy atom. The summed E-state index contributed by atoms with van der Waals surface area (Å²) in [4.78, 5) is 12.3. The number of hydrogen-bond donors (Lipinski definition) is 2. The van der Waals surface area contributed by atoms with Gasteiger partial charge in [0, 0.05) is 24.4 Å². The van der Waals surface area contributed by atoms with E-state index >= 15 is 0 Å². The normalized spacial score (nSPS) is 9.86. The van der Waals surface area contributed by atoms with Gasteiger partial charge >= 0.3 is 0 Å². The number of nitrogens with one attached hydrogen (secondary N) is 2. The minimum atomic E-state index is -0.204. The van der Waals surface area contributed by atoms with Crippen LogP contribution in [0.5, 0.6) is 11.5 Å². The van der Waals surface area contributed by atoms with Crippen LogP contribution in [0.25, 0.3) is 0 Å². The first-order valence-corrected chi connectivity index (χ1v) is 6.49.